The van der Waals surface area contributed by atoms with E-state index in [4.69, 9.17) is 5.11 Å². The van der Waals surface area contributed by atoms with Gasteiger partial charge in [-0.3, -0.25) is 4.90 Å². The standard InChI is InChI=1S/C13H15F3N2O3/c14-13(15,16)21-11-3-1-10(2-4-11)9-17-5-7-18(8-6-17)12(19)20/h1-4H,5-9H2,(H,19,20). The fourth-order valence-corrected chi connectivity index (χ4v) is 2.15. The van der Waals surface area contributed by atoms with Crippen LogP contribution in [0.1, 0.15) is 5.56 Å². The van der Waals surface area contributed by atoms with E-state index in [1.165, 1.54) is 17.0 Å². The minimum atomic E-state index is -4.69. The van der Waals surface area contributed by atoms with Crippen LogP contribution >= 0.6 is 0 Å². The quantitative estimate of drug-likeness (QED) is 0.931. The molecule has 1 aromatic carbocycles. The van der Waals surface area contributed by atoms with Gasteiger partial charge in [-0.15, -0.1) is 13.2 Å². The molecule has 0 aromatic heterocycles. The van der Waals surface area contributed by atoms with Crippen LogP contribution in [0.2, 0.25) is 0 Å². The van der Waals surface area contributed by atoms with Gasteiger partial charge in [-0.05, 0) is 17.7 Å². The van der Waals surface area contributed by atoms with Gasteiger partial charge in [0, 0.05) is 32.7 Å². The predicted molar refractivity (Wildman–Crippen MR) is 68.0 cm³/mol. The molecule has 1 saturated heterocycles. The van der Waals surface area contributed by atoms with Crippen molar-refractivity contribution in [1.29, 1.82) is 0 Å². The van der Waals surface area contributed by atoms with Gasteiger partial charge in [0.1, 0.15) is 5.75 Å². The summed E-state index contributed by atoms with van der Waals surface area (Å²) in [6.45, 7) is 2.65. The molecule has 0 spiro atoms. The molecule has 8 heteroatoms. The van der Waals surface area contributed by atoms with Crippen LogP contribution in [0, 0.1) is 0 Å². The summed E-state index contributed by atoms with van der Waals surface area (Å²) in [5.74, 6) is -0.248. The van der Waals surface area contributed by atoms with Crippen molar-refractivity contribution >= 4 is 6.09 Å². The zero-order valence-electron chi connectivity index (χ0n) is 11.1. The highest BCUT2D eigenvalue weighted by molar-refractivity contribution is 5.65. The molecule has 0 aliphatic carbocycles. The van der Waals surface area contributed by atoms with Crippen LogP contribution in [-0.2, 0) is 6.54 Å². The van der Waals surface area contributed by atoms with Gasteiger partial charge in [-0.25, -0.2) is 4.79 Å². The molecule has 1 aromatic rings. The lowest BCUT2D eigenvalue weighted by molar-refractivity contribution is -0.274. The molecule has 1 amide bonds. The van der Waals surface area contributed by atoms with Gasteiger partial charge in [-0.1, -0.05) is 12.1 Å². The van der Waals surface area contributed by atoms with Crippen molar-refractivity contribution in [3.8, 4) is 5.75 Å². The Labute approximate surface area is 119 Å². The maximum Gasteiger partial charge on any atom is 0.573 e. The van der Waals surface area contributed by atoms with Crippen molar-refractivity contribution in [3.05, 3.63) is 29.8 Å². The maximum atomic E-state index is 12.0. The van der Waals surface area contributed by atoms with Gasteiger partial charge in [0.25, 0.3) is 0 Å². The van der Waals surface area contributed by atoms with Crippen LogP contribution < -0.4 is 4.74 Å². The van der Waals surface area contributed by atoms with Crippen LogP contribution in [-0.4, -0.2) is 53.5 Å². The van der Waals surface area contributed by atoms with Crippen molar-refractivity contribution in [1.82, 2.24) is 9.80 Å². The number of hydrogen-bond acceptors (Lipinski definition) is 3. The summed E-state index contributed by atoms with van der Waals surface area (Å²) in [4.78, 5) is 14.2. The Morgan fingerprint density at radius 1 is 1.14 bits per heavy atom. The molecule has 21 heavy (non-hydrogen) atoms. The Morgan fingerprint density at radius 2 is 1.71 bits per heavy atom. The summed E-state index contributed by atoms with van der Waals surface area (Å²) >= 11 is 0. The lowest BCUT2D eigenvalue weighted by atomic mass is 10.2. The van der Waals surface area contributed by atoms with Crippen molar-refractivity contribution in [2.24, 2.45) is 0 Å². The molecular formula is C13H15F3N2O3. The first-order chi connectivity index (χ1) is 9.83. The molecule has 1 aliphatic heterocycles. The SMILES string of the molecule is O=C(O)N1CCN(Cc2ccc(OC(F)(F)F)cc2)CC1. The van der Waals surface area contributed by atoms with Crippen LogP contribution in [0.3, 0.4) is 0 Å². The summed E-state index contributed by atoms with van der Waals surface area (Å²) in [6.07, 6.45) is -5.61. The molecule has 1 heterocycles. The fraction of sp³-hybridized carbons (Fsp3) is 0.462. The molecule has 0 radical (unpaired) electrons. The highest BCUT2D eigenvalue weighted by Crippen LogP contribution is 2.23. The first-order valence-electron chi connectivity index (χ1n) is 6.38. The second-order valence-corrected chi connectivity index (χ2v) is 4.74. The average Bonchev–Trinajstić information content (AvgIpc) is 2.40. The van der Waals surface area contributed by atoms with E-state index in [-0.39, 0.29) is 5.75 Å². The second-order valence-electron chi connectivity index (χ2n) is 4.74. The van der Waals surface area contributed by atoms with Gasteiger partial charge >= 0.3 is 12.5 Å². The molecule has 1 aliphatic rings. The van der Waals surface area contributed by atoms with Gasteiger partial charge in [0.05, 0.1) is 0 Å². The van der Waals surface area contributed by atoms with Gasteiger partial charge in [0.15, 0.2) is 0 Å². The van der Waals surface area contributed by atoms with Crippen molar-refractivity contribution in [2.75, 3.05) is 26.2 Å². The Morgan fingerprint density at radius 3 is 2.19 bits per heavy atom. The Kier molecular flexibility index (Phi) is 4.56. The van der Waals surface area contributed by atoms with Crippen LogP contribution in [0.5, 0.6) is 5.75 Å². The fourth-order valence-electron chi connectivity index (χ4n) is 2.15. The minimum Gasteiger partial charge on any atom is -0.465 e. The normalized spacial score (nSPS) is 16.8. The maximum absolute atomic E-state index is 12.0. The number of carbonyl (C=O) groups is 1. The number of ether oxygens (including phenoxy) is 1. The number of carboxylic acid groups (broad SMARTS) is 1. The molecular weight excluding hydrogens is 289 g/mol. The van der Waals surface area contributed by atoms with Crippen LogP contribution in [0.15, 0.2) is 24.3 Å². The number of benzene rings is 1. The smallest absolute Gasteiger partial charge is 0.465 e. The highest BCUT2D eigenvalue weighted by atomic mass is 19.4. The van der Waals surface area contributed by atoms with E-state index >= 15 is 0 Å². The third-order valence-corrected chi connectivity index (χ3v) is 3.21. The molecule has 0 bridgehead atoms. The van der Waals surface area contributed by atoms with Gasteiger partial charge < -0.3 is 14.7 Å². The lowest BCUT2D eigenvalue weighted by Gasteiger charge is -2.33. The Balaban J connectivity index is 1.85. The monoisotopic (exact) mass is 304 g/mol. The molecule has 2 rings (SSSR count). The van der Waals surface area contributed by atoms with Crippen molar-refractivity contribution in [3.63, 3.8) is 0 Å². The Bertz CT molecular complexity index is 482. The third-order valence-electron chi connectivity index (χ3n) is 3.21. The largest absolute Gasteiger partial charge is 0.573 e. The lowest BCUT2D eigenvalue weighted by Crippen LogP contribution is -2.47. The Hall–Kier alpha value is -1.96. The van der Waals surface area contributed by atoms with Crippen LogP contribution in [0.4, 0.5) is 18.0 Å². The van der Waals surface area contributed by atoms with E-state index in [2.05, 4.69) is 9.64 Å². The van der Waals surface area contributed by atoms with E-state index in [1.807, 2.05) is 0 Å². The average molecular weight is 304 g/mol. The van der Waals surface area contributed by atoms with Crippen molar-refractivity contribution < 1.29 is 27.8 Å². The second kappa shape index (κ2) is 6.21. The summed E-state index contributed by atoms with van der Waals surface area (Å²) in [6, 6.07) is 5.70. The predicted octanol–water partition coefficient (Wildman–Crippen LogP) is 2.38. The zero-order valence-corrected chi connectivity index (χ0v) is 11.1. The molecule has 0 atom stereocenters. The molecule has 0 saturated carbocycles. The number of rotatable bonds is 3. The van der Waals surface area contributed by atoms with E-state index in [1.54, 1.807) is 12.1 Å². The molecule has 116 valence electrons. The van der Waals surface area contributed by atoms with Gasteiger partial charge in [0.2, 0.25) is 0 Å². The van der Waals surface area contributed by atoms with Crippen molar-refractivity contribution in [2.45, 2.75) is 12.9 Å². The van der Waals surface area contributed by atoms with E-state index in [0.717, 1.165) is 5.56 Å². The number of hydrogen-bond donors (Lipinski definition) is 1. The summed E-state index contributed by atoms with van der Waals surface area (Å²) in [5, 5.41) is 8.84. The number of amides is 1. The van der Waals surface area contributed by atoms with Gasteiger partial charge in [-0.2, -0.15) is 0 Å². The van der Waals surface area contributed by atoms with E-state index < -0.39 is 12.5 Å². The summed E-state index contributed by atoms with van der Waals surface area (Å²) in [5.41, 5.74) is 0.855. The molecule has 5 nitrogen and oxygen atoms in total. The topological polar surface area (TPSA) is 53.0 Å². The zero-order chi connectivity index (χ0) is 15.5. The third kappa shape index (κ3) is 4.82. The summed E-state index contributed by atoms with van der Waals surface area (Å²) < 4.78 is 39.9. The molecule has 1 fully saturated rings. The molecule has 0 unspecified atom stereocenters. The molecule has 1 N–H and O–H groups in total. The summed E-state index contributed by atoms with van der Waals surface area (Å²) in [7, 11) is 0. The number of nitrogens with zero attached hydrogens (tertiary/aromatic N) is 2. The first kappa shape index (κ1) is 15.4. The first-order valence-corrected chi connectivity index (χ1v) is 6.38. The van der Waals surface area contributed by atoms with E-state index in [0.29, 0.717) is 32.7 Å². The number of alkyl halides is 3. The van der Waals surface area contributed by atoms with Crippen LogP contribution in [0.25, 0.3) is 0 Å². The highest BCUT2D eigenvalue weighted by Gasteiger charge is 2.31. The number of halogens is 3. The minimum absolute atomic E-state index is 0.248. The number of piperazine rings is 1. The van der Waals surface area contributed by atoms with E-state index in [9.17, 15) is 18.0 Å².